The van der Waals surface area contributed by atoms with E-state index in [-0.39, 0.29) is 6.04 Å². The van der Waals surface area contributed by atoms with Crippen molar-refractivity contribution < 1.29 is 0 Å². The smallest absolute Gasteiger partial charge is 0.137 e. The normalized spacial score (nSPS) is 12.2. The Hall–Kier alpha value is -2.69. The van der Waals surface area contributed by atoms with Crippen LogP contribution in [0.5, 0.6) is 0 Å². The highest BCUT2D eigenvalue weighted by Gasteiger charge is 2.09. The van der Waals surface area contributed by atoms with E-state index in [2.05, 4.69) is 27.2 Å². The van der Waals surface area contributed by atoms with Crippen molar-refractivity contribution in [3.63, 3.8) is 0 Å². The standard InChI is InChI=1S/C15H15N5/c1-10(11-4-6-17-7-5-11)20-15-13-8-12(16)2-3-14(13)18-9-19-15/h2-10H,16H2,1H3,(H,18,19,20). The first-order valence-electron chi connectivity index (χ1n) is 6.41. The van der Waals surface area contributed by atoms with Gasteiger partial charge in [-0.1, -0.05) is 0 Å². The minimum absolute atomic E-state index is 0.123. The van der Waals surface area contributed by atoms with Gasteiger partial charge in [-0.3, -0.25) is 4.98 Å². The summed E-state index contributed by atoms with van der Waals surface area (Å²) in [5.74, 6) is 0.784. The molecule has 0 amide bonds. The molecule has 0 fully saturated rings. The minimum atomic E-state index is 0.123. The number of fused-ring (bicyclic) bond motifs is 1. The number of nitrogens with zero attached hydrogens (tertiary/aromatic N) is 3. The largest absolute Gasteiger partial charge is 0.399 e. The van der Waals surface area contributed by atoms with Crippen LogP contribution in [0.15, 0.2) is 49.1 Å². The van der Waals surface area contributed by atoms with Crippen molar-refractivity contribution in [1.82, 2.24) is 15.0 Å². The molecule has 1 unspecified atom stereocenters. The van der Waals surface area contributed by atoms with Crippen LogP contribution in [0.25, 0.3) is 10.9 Å². The van der Waals surface area contributed by atoms with Crippen molar-refractivity contribution in [3.8, 4) is 0 Å². The van der Waals surface area contributed by atoms with Crippen LogP contribution in [0.4, 0.5) is 11.5 Å². The van der Waals surface area contributed by atoms with Gasteiger partial charge in [-0.15, -0.1) is 0 Å². The molecular weight excluding hydrogens is 250 g/mol. The average Bonchev–Trinajstić information content (AvgIpc) is 2.49. The van der Waals surface area contributed by atoms with Gasteiger partial charge in [-0.2, -0.15) is 0 Å². The molecule has 2 aromatic heterocycles. The molecule has 3 rings (SSSR count). The SMILES string of the molecule is CC(Nc1ncnc2ccc(N)cc12)c1ccncc1. The Balaban J connectivity index is 1.97. The number of aromatic nitrogens is 3. The van der Waals surface area contributed by atoms with Gasteiger partial charge >= 0.3 is 0 Å². The molecule has 0 aliphatic heterocycles. The summed E-state index contributed by atoms with van der Waals surface area (Å²) < 4.78 is 0. The molecule has 0 aliphatic carbocycles. The first-order chi connectivity index (χ1) is 9.74. The quantitative estimate of drug-likeness (QED) is 0.712. The molecule has 0 radical (unpaired) electrons. The van der Waals surface area contributed by atoms with E-state index in [0.29, 0.717) is 5.69 Å². The number of anilines is 2. The molecule has 0 saturated carbocycles. The van der Waals surface area contributed by atoms with Gasteiger partial charge in [0.1, 0.15) is 12.1 Å². The Labute approximate surface area is 116 Å². The predicted octanol–water partition coefficient (Wildman–Crippen LogP) is 2.78. The zero-order valence-corrected chi connectivity index (χ0v) is 11.1. The Morgan fingerprint density at radius 2 is 1.90 bits per heavy atom. The summed E-state index contributed by atoms with van der Waals surface area (Å²) in [7, 11) is 0. The topological polar surface area (TPSA) is 76.7 Å². The molecule has 0 aliphatic rings. The number of rotatable bonds is 3. The molecular formula is C15H15N5. The molecule has 3 N–H and O–H groups in total. The van der Waals surface area contributed by atoms with Gasteiger partial charge in [-0.25, -0.2) is 9.97 Å². The highest BCUT2D eigenvalue weighted by molar-refractivity contribution is 5.91. The van der Waals surface area contributed by atoms with E-state index in [4.69, 9.17) is 5.73 Å². The van der Waals surface area contributed by atoms with E-state index in [1.807, 2.05) is 30.3 Å². The van der Waals surface area contributed by atoms with E-state index < -0.39 is 0 Å². The first-order valence-corrected chi connectivity index (χ1v) is 6.41. The Kier molecular flexibility index (Phi) is 3.16. The third kappa shape index (κ3) is 2.38. The number of pyridine rings is 1. The van der Waals surface area contributed by atoms with Crippen LogP contribution in [0.3, 0.4) is 0 Å². The summed E-state index contributed by atoms with van der Waals surface area (Å²) in [6.07, 6.45) is 5.12. The van der Waals surface area contributed by atoms with Crippen LogP contribution in [0.1, 0.15) is 18.5 Å². The Morgan fingerprint density at radius 1 is 1.10 bits per heavy atom. The summed E-state index contributed by atoms with van der Waals surface area (Å²) in [5, 5.41) is 4.32. The van der Waals surface area contributed by atoms with Crippen LogP contribution >= 0.6 is 0 Å². The van der Waals surface area contributed by atoms with Gasteiger partial charge in [0.05, 0.1) is 11.6 Å². The highest BCUT2D eigenvalue weighted by atomic mass is 15.0. The second-order valence-corrected chi connectivity index (χ2v) is 4.65. The number of nitrogens with two attached hydrogens (primary N) is 1. The Morgan fingerprint density at radius 3 is 2.70 bits per heavy atom. The zero-order chi connectivity index (χ0) is 13.9. The van der Waals surface area contributed by atoms with Crippen molar-refractivity contribution in [2.24, 2.45) is 0 Å². The maximum absolute atomic E-state index is 5.84. The monoisotopic (exact) mass is 265 g/mol. The summed E-state index contributed by atoms with van der Waals surface area (Å²) in [6, 6.07) is 9.71. The summed E-state index contributed by atoms with van der Waals surface area (Å²) >= 11 is 0. The maximum atomic E-state index is 5.84. The predicted molar refractivity (Wildman–Crippen MR) is 80.2 cm³/mol. The lowest BCUT2D eigenvalue weighted by Crippen LogP contribution is -2.08. The van der Waals surface area contributed by atoms with E-state index in [9.17, 15) is 0 Å². The molecule has 1 atom stereocenters. The van der Waals surface area contributed by atoms with Crippen LogP contribution in [-0.4, -0.2) is 15.0 Å². The molecule has 100 valence electrons. The minimum Gasteiger partial charge on any atom is -0.399 e. The van der Waals surface area contributed by atoms with Crippen LogP contribution < -0.4 is 11.1 Å². The number of benzene rings is 1. The van der Waals surface area contributed by atoms with Gasteiger partial charge in [0.15, 0.2) is 0 Å². The lowest BCUT2D eigenvalue weighted by Gasteiger charge is -2.16. The van der Waals surface area contributed by atoms with Crippen LogP contribution in [-0.2, 0) is 0 Å². The fourth-order valence-corrected chi connectivity index (χ4v) is 2.13. The molecule has 0 saturated heterocycles. The number of hydrogen-bond acceptors (Lipinski definition) is 5. The molecule has 2 heterocycles. The van der Waals surface area contributed by atoms with Gasteiger partial charge in [0.2, 0.25) is 0 Å². The second kappa shape index (κ2) is 5.13. The zero-order valence-electron chi connectivity index (χ0n) is 11.1. The molecule has 0 spiro atoms. The molecule has 0 bridgehead atoms. The summed E-state index contributed by atoms with van der Waals surface area (Å²) in [5.41, 5.74) is 8.57. The Bertz CT molecular complexity index is 727. The second-order valence-electron chi connectivity index (χ2n) is 4.65. The van der Waals surface area contributed by atoms with Crippen molar-refractivity contribution in [1.29, 1.82) is 0 Å². The van der Waals surface area contributed by atoms with E-state index in [1.165, 1.54) is 0 Å². The highest BCUT2D eigenvalue weighted by Crippen LogP contribution is 2.25. The first kappa shape index (κ1) is 12.3. The lowest BCUT2D eigenvalue weighted by molar-refractivity contribution is 0.872. The van der Waals surface area contributed by atoms with Crippen molar-refractivity contribution in [2.45, 2.75) is 13.0 Å². The van der Waals surface area contributed by atoms with E-state index in [0.717, 1.165) is 22.3 Å². The third-order valence-electron chi connectivity index (χ3n) is 3.22. The number of nitrogens with one attached hydrogen (secondary N) is 1. The number of hydrogen-bond donors (Lipinski definition) is 2. The molecule has 3 aromatic rings. The average molecular weight is 265 g/mol. The molecule has 5 heteroatoms. The third-order valence-corrected chi connectivity index (χ3v) is 3.22. The van der Waals surface area contributed by atoms with E-state index in [1.54, 1.807) is 18.7 Å². The fraction of sp³-hybridized carbons (Fsp3) is 0.133. The lowest BCUT2D eigenvalue weighted by atomic mass is 10.1. The maximum Gasteiger partial charge on any atom is 0.137 e. The van der Waals surface area contributed by atoms with Crippen molar-refractivity contribution in [3.05, 3.63) is 54.6 Å². The molecule has 1 aromatic carbocycles. The van der Waals surface area contributed by atoms with E-state index >= 15 is 0 Å². The van der Waals surface area contributed by atoms with Gasteiger partial charge < -0.3 is 11.1 Å². The number of nitrogen functional groups attached to an aromatic ring is 1. The van der Waals surface area contributed by atoms with Crippen LogP contribution in [0, 0.1) is 0 Å². The molecule has 5 nitrogen and oxygen atoms in total. The van der Waals surface area contributed by atoms with Crippen molar-refractivity contribution >= 4 is 22.4 Å². The van der Waals surface area contributed by atoms with Gasteiger partial charge in [0.25, 0.3) is 0 Å². The summed E-state index contributed by atoms with van der Waals surface area (Å²) in [6.45, 7) is 2.08. The van der Waals surface area contributed by atoms with Gasteiger partial charge in [0, 0.05) is 23.5 Å². The van der Waals surface area contributed by atoms with Crippen LogP contribution in [0.2, 0.25) is 0 Å². The fourth-order valence-electron chi connectivity index (χ4n) is 2.13. The molecule has 20 heavy (non-hydrogen) atoms. The van der Waals surface area contributed by atoms with Gasteiger partial charge in [-0.05, 0) is 42.8 Å². The van der Waals surface area contributed by atoms with Crippen molar-refractivity contribution in [2.75, 3.05) is 11.1 Å². The summed E-state index contributed by atoms with van der Waals surface area (Å²) in [4.78, 5) is 12.6.